The zero-order valence-electron chi connectivity index (χ0n) is 6.93. The molecule has 0 saturated carbocycles. The summed E-state index contributed by atoms with van der Waals surface area (Å²) >= 11 is 2.03. The van der Waals surface area contributed by atoms with Crippen molar-refractivity contribution in [3.05, 3.63) is 11.9 Å². The van der Waals surface area contributed by atoms with Gasteiger partial charge in [-0.25, -0.2) is 5.53 Å². The Kier molecular flexibility index (Phi) is 4.48. The van der Waals surface area contributed by atoms with E-state index in [2.05, 4.69) is 10.1 Å². The standard InChI is InChI=1S/C7H12IN3/c1-7(2,3)6(11-9)4-10-5-8/h4-5,9H,1-3H3/b6-4-,10-5-,11-9?. The molecule has 0 rings (SSSR count). The minimum atomic E-state index is -0.0924. The average Bonchev–Trinajstić information content (AvgIpc) is 1.87. The lowest BCUT2D eigenvalue weighted by Gasteiger charge is -2.16. The second-order valence-electron chi connectivity index (χ2n) is 3.12. The Hall–Kier alpha value is -0.260. The molecule has 0 aliphatic rings. The van der Waals surface area contributed by atoms with E-state index in [1.54, 1.807) is 10.4 Å². The Labute approximate surface area is 80.6 Å². The molecule has 0 bridgehead atoms. The zero-order chi connectivity index (χ0) is 8.91. The van der Waals surface area contributed by atoms with Gasteiger partial charge in [0.1, 0.15) is 0 Å². The number of hydrogen-bond donors (Lipinski definition) is 1. The number of hydrogen-bond acceptors (Lipinski definition) is 3. The molecule has 0 aliphatic carbocycles. The molecule has 0 aromatic rings. The highest BCUT2D eigenvalue weighted by atomic mass is 127. The van der Waals surface area contributed by atoms with Gasteiger partial charge in [0, 0.05) is 5.41 Å². The van der Waals surface area contributed by atoms with Crippen LogP contribution in [0.1, 0.15) is 20.8 Å². The third-order valence-corrected chi connectivity index (χ3v) is 1.46. The maximum absolute atomic E-state index is 6.87. The predicted octanol–water partition coefficient (Wildman–Crippen LogP) is 3.37. The number of halogens is 1. The second-order valence-corrected chi connectivity index (χ2v) is 3.68. The number of nitrogens with zero attached hydrogens (tertiary/aromatic N) is 2. The topological polar surface area (TPSA) is 48.6 Å². The SMILES string of the molecule is CC(C)(C)/C(=C/N=C\I)N=N. The Morgan fingerprint density at radius 1 is 1.45 bits per heavy atom. The fraction of sp³-hybridized carbons (Fsp3) is 0.571. The van der Waals surface area contributed by atoms with Crippen molar-refractivity contribution in [1.82, 2.24) is 0 Å². The Morgan fingerprint density at radius 2 is 2.00 bits per heavy atom. The van der Waals surface area contributed by atoms with Gasteiger partial charge < -0.3 is 0 Å². The third-order valence-electron chi connectivity index (χ3n) is 1.14. The molecule has 4 heteroatoms. The number of nitrogens with one attached hydrogen (secondary N) is 1. The van der Waals surface area contributed by atoms with Crippen LogP contribution in [0.4, 0.5) is 0 Å². The van der Waals surface area contributed by atoms with E-state index in [1.807, 2.05) is 43.4 Å². The van der Waals surface area contributed by atoms with Crippen molar-refractivity contribution in [2.24, 2.45) is 15.5 Å². The minimum absolute atomic E-state index is 0.0924. The predicted molar refractivity (Wildman–Crippen MR) is 55.2 cm³/mol. The number of rotatable bonds is 2. The van der Waals surface area contributed by atoms with E-state index < -0.39 is 0 Å². The summed E-state index contributed by atoms with van der Waals surface area (Å²) < 4.78 is 1.65. The minimum Gasteiger partial charge on any atom is -0.256 e. The van der Waals surface area contributed by atoms with E-state index in [0.29, 0.717) is 5.70 Å². The van der Waals surface area contributed by atoms with Gasteiger partial charge >= 0.3 is 0 Å². The molecule has 0 amide bonds. The molecule has 3 nitrogen and oxygen atoms in total. The van der Waals surface area contributed by atoms with Crippen LogP contribution in [0.3, 0.4) is 0 Å². The van der Waals surface area contributed by atoms with Crippen molar-refractivity contribution >= 4 is 26.8 Å². The highest BCUT2D eigenvalue weighted by molar-refractivity contribution is 14.1. The largest absolute Gasteiger partial charge is 0.256 e. The quantitative estimate of drug-likeness (QED) is 0.452. The van der Waals surface area contributed by atoms with Crippen molar-refractivity contribution in [3.8, 4) is 0 Å². The fourth-order valence-corrected chi connectivity index (χ4v) is 0.650. The van der Waals surface area contributed by atoms with Crippen LogP contribution in [0.15, 0.2) is 22.0 Å². The summed E-state index contributed by atoms with van der Waals surface area (Å²) in [7, 11) is 0. The van der Waals surface area contributed by atoms with Gasteiger partial charge in [-0.15, -0.1) is 0 Å². The first kappa shape index (κ1) is 10.7. The third kappa shape index (κ3) is 4.23. The molecule has 0 atom stereocenters. The van der Waals surface area contributed by atoms with E-state index >= 15 is 0 Å². The van der Waals surface area contributed by atoms with Crippen LogP contribution in [0.5, 0.6) is 0 Å². The highest BCUT2D eigenvalue weighted by Crippen LogP contribution is 2.25. The van der Waals surface area contributed by atoms with Gasteiger partial charge in [0.25, 0.3) is 0 Å². The second kappa shape index (κ2) is 4.58. The van der Waals surface area contributed by atoms with Crippen molar-refractivity contribution in [3.63, 3.8) is 0 Å². The summed E-state index contributed by atoms with van der Waals surface area (Å²) in [5, 5.41) is 3.39. The van der Waals surface area contributed by atoms with E-state index in [9.17, 15) is 0 Å². The van der Waals surface area contributed by atoms with Crippen LogP contribution in [-0.4, -0.2) is 4.22 Å². The van der Waals surface area contributed by atoms with Gasteiger partial charge in [0.2, 0.25) is 0 Å². The van der Waals surface area contributed by atoms with Crippen LogP contribution in [0.2, 0.25) is 0 Å². The number of aliphatic imine (C=N–C) groups is 1. The molecule has 0 fully saturated rings. The molecule has 0 heterocycles. The molecule has 62 valence electrons. The zero-order valence-corrected chi connectivity index (χ0v) is 9.08. The molecule has 0 saturated heterocycles. The molecule has 11 heavy (non-hydrogen) atoms. The summed E-state index contributed by atoms with van der Waals surface area (Å²) in [4.78, 5) is 3.90. The smallest absolute Gasteiger partial charge is 0.0859 e. The first-order valence-corrected chi connectivity index (χ1v) is 4.47. The van der Waals surface area contributed by atoms with Crippen LogP contribution >= 0.6 is 22.6 Å². The first-order valence-electron chi connectivity index (χ1n) is 3.22. The average molecular weight is 265 g/mol. The molecule has 0 spiro atoms. The van der Waals surface area contributed by atoms with Gasteiger partial charge in [-0.05, 0) is 22.6 Å². The molecule has 1 N–H and O–H groups in total. The Bertz CT molecular complexity index is 188. The molecular formula is C7H12IN3. The summed E-state index contributed by atoms with van der Waals surface area (Å²) in [6.45, 7) is 6.00. The Balaban J connectivity index is 4.53. The lowest BCUT2D eigenvalue weighted by atomic mass is 9.93. The van der Waals surface area contributed by atoms with E-state index in [-0.39, 0.29) is 5.41 Å². The van der Waals surface area contributed by atoms with E-state index in [4.69, 9.17) is 5.53 Å². The van der Waals surface area contributed by atoms with E-state index in [0.717, 1.165) is 0 Å². The van der Waals surface area contributed by atoms with Crippen LogP contribution in [0.25, 0.3) is 0 Å². The summed E-state index contributed by atoms with van der Waals surface area (Å²) in [5.41, 5.74) is 7.47. The van der Waals surface area contributed by atoms with Crippen LogP contribution in [0, 0.1) is 10.9 Å². The van der Waals surface area contributed by atoms with Crippen molar-refractivity contribution in [2.75, 3.05) is 0 Å². The van der Waals surface area contributed by atoms with Gasteiger partial charge in [0.05, 0.1) is 16.1 Å². The summed E-state index contributed by atoms with van der Waals surface area (Å²) in [5.74, 6) is 0. The van der Waals surface area contributed by atoms with E-state index in [1.165, 1.54) is 0 Å². The van der Waals surface area contributed by atoms with Crippen LogP contribution in [-0.2, 0) is 0 Å². The molecule has 0 aromatic heterocycles. The normalized spacial score (nSPS) is 14.0. The Morgan fingerprint density at radius 3 is 2.27 bits per heavy atom. The van der Waals surface area contributed by atoms with Crippen molar-refractivity contribution in [2.45, 2.75) is 20.8 Å². The van der Waals surface area contributed by atoms with Gasteiger partial charge in [0.15, 0.2) is 0 Å². The monoisotopic (exact) mass is 265 g/mol. The molecule has 0 aliphatic heterocycles. The lowest BCUT2D eigenvalue weighted by Crippen LogP contribution is -2.06. The van der Waals surface area contributed by atoms with Gasteiger partial charge in [-0.2, -0.15) is 5.11 Å². The molecule has 0 radical (unpaired) electrons. The maximum Gasteiger partial charge on any atom is 0.0859 e. The highest BCUT2D eigenvalue weighted by Gasteiger charge is 2.15. The maximum atomic E-state index is 6.87. The molecule has 0 aromatic carbocycles. The van der Waals surface area contributed by atoms with Gasteiger partial charge in [-0.3, -0.25) is 4.99 Å². The fourth-order valence-electron chi connectivity index (χ4n) is 0.489. The summed E-state index contributed by atoms with van der Waals surface area (Å²) in [6, 6.07) is 0. The lowest BCUT2D eigenvalue weighted by molar-refractivity contribution is 0.488. The first-order chi connectivity index (χ1) is 5.02. The molecule has 0 unspecified atom stereocenters. The van der Waals surface area contributed by atoms with Gasteiger partial charge in [-0.1, -0.05) is 20.8 Å². The number of allylic oxidation sites excluding steroid dienone is 1. The van der Waals surface area contributed by atoms with Crippen molar-refractivity contribution < 1.29 is 0 Å². The molecular weight excluding hydrogens is 253 g/mol. The van der Waals surface area contributed by atoms with Crippen molar-refractivity contribution in [1.29, 1.82) is 5.53 Å². The summed E-state index contributed by atoms with van der Waals surface area (Å²) in [6.07, 6.45) is 1.61. The van der Waals surface area contributed by atoms with Crippen LogP contribution < -0.4 is 0 Å².